The maximum atomic E-state index is 13.1. The van der Waals surface area contributed by atoms with Gasteiger partial charge in [0, 0.05) is 25.7 Å². The standard InChI is InChI=1S/C87H142O17P2/c1-5-9-13-17-21-25-29-33-37-39-40-42-46-50-54-58-62-66-70-74-87(92)104-83(77-97-84(89)71-67-63-59-55-51-47-43-35-31-27-23-19-15-11-7-3)80-102-106(95,96)100-76-81(88)75-99-105(93,94)101-79-82(103-86(91)73-69-65-61-57-53-49-44-36-32-28-24-20-16-12-8-4)78-98-85(90)72-68-64-60-56-52-48-45-41-38-34-30-26-22-18-14-10-6-2/h9,13,21-28,33-38,40,42-45,48,50,54,56,60,62,66,81-83,88H,5-8,10-12,14-20,29-32,39,41,46-47,49,51-53,55,57-59,61,63-65,67-80H2,1-4H3,(H,93,94)(H,95,96)/b13-9-,25-21-,26-22-,27-23-,28-24-,37-33-,38-34-,42-40-,43-35-,44-36-,48-45-,54-50-,60-56-,66-62-/t81-,82-,83-/m1/s1. The molecule has 0 amide bonds. The Morgan fingerprint density at radius 2 is 0.519 bits per heavy atom. The summed E-state index contributed by atoms with van der Waals surface area (Å²) >= 11 is 0. The van der Waals surface area contributed by atoms with Crippen LogP contribution in [0.15, 0.2) is 170 Å². The quantitative estimate of drug-likeness (QED) is 0.0169. The highest BCUT2D eigenvalue weighted by atomic mass is 31.2. The second-order valence-corrected chi connectivity index (χ2v) is 29.2. The summed E-state index contributed by atoms with van der Waals surface area (Å²) in [5.74, 6) is -2.38. The molecule has 0 aliphatic carbocycles. The molecule has 0 rings (SSSR count). The molecule has 0 heterocycles. The monoisotopic (exact) mass is 1520 g/mol. The highest BCUT2D eigenvalue weighted by Gasteiger charge is 2.30. The Labute approximate surface area is 642 Å². The maximum absolute atomic E-state index is 13.1. The van der Waals surface area contributed by atoms with Crippen LogP contribution in [0.25, 0.3) is 0 Å². The average Bonchev–Trinajstić information content (AvgIpc) is 0.908. The summed E-state index contributed by atoms with van der Waals surface area (Å²) in [7, 11) is -10.0. The third-order valence-electron chi connectivity index (χ3n) is 16.1. The lowest BCUT2D eigenvalue weighted by Gasteiger charge is -2.21. The van der Waals surface area contributed by atoms with Crippen LogP contribution in [0.2, 0.25) is 0 Å². The number of ether oxygens (including phenoxy) is 4. The summed E-state index contributed by atoms with van der Waals surface area (Å²) in [4.78, 5) is 73.0. The molecule has 0 fully saturated rings. The first-order valence-corrected chi connectivity index (χ1v) is 43.4. The number of rotatable bonds is 74. The molecule has 0 radical (unpaired) electrons. The molecule has 2 unspecified atom stereocenters. The van der Waals surface area contributed by atoms with Gasteiger partial charge in [-0.1, -0.05) is 275 Å². The van der Waals surface area contributed by atoms with Crippen molar-refractivity contribution in [2.75, 3.05) is 39.6 Å². The molecule has 19 heteroatoms. The highest BCUT2D eigenvalue weighted by molar-refractivity contribution is 7.47. The molecule has 0 aromatic heterocycles. The lowest BCUT2D eigenvalue weighted by Crippen LogP contribution is -2.30. The van der Waals surface area contributed by atoms with Gasteiger partial charge in [0.1, 0.15) is 19.3 Å². The van der Waals surface area contributed by atoms with E-state index in [1.165, 1.54) is 57.8 Å². The van der Waals surface area contributed by atoms with Gasteiger partial charge in [-0.25, -0.2) is 9.13 Å². The Morgan fingerprint density at radius 1 is 0.274 bits per heavy atom. The molecule has 0 saturated heterocycles. The van der Waals surface area contributed by atoms with Crippen molar-refractivity contribution in [3.8, 4) is 0 Å². The number of hydrogen-bond acceptors (Lipinski definition) is 15. The van der Waals surface area contributed by atoms with E-state index in [9.17, 15) is 43.2 Å². The van der Waals surface area contributed by atoms with Gasteiger partial charge in [-0.15, -0.1) is 0 Å². The second kappa shape index (κ2) is 77.6. The van der Waals surface area contributed by atoms with Gasteiger partial charge in [0.05, 0.1) is 26.4 Å². The largest absolute Gasteiger partial charge is 0.472 e. The molecule has 106 heavy (non-hydrogen) atoms. The number of allylic oxidation sites excluding steroid dienone is 28. The predicted octanol–water partition coefficient (Wildman–Crippen LogP) is 23.8. The molecule has 17 nitrogen and oxygen atoms in total. The van der Waals surface area contributed by atoms with Gasteiger partial charge in [0.2, 0.25) is 0 Å². The Balaban J connectivity index is 5.53. The van der Waals surface area contributed by atoms with Crippen LogP contribution >= 0.6 is 15.6 Å². The normalized spacial score (nSPS) is 14.7. The van der Waals surface area contributed by atoms with Gasteiger partial charge in [-0.05, 0) is 167 Å². The zero-order chi connectivity index (χ0) is 77.4. The summed E-state index contributed by atoms with van der Waals surface area (Å²) in [5.41, 5.74) is 0. The zero-order valence-electron chi connectivity index (χ0n) is 65.8. The number of carbonyl (C=O) groups is 4. The summed E-state index contributed by atoms with van der Waals surface area (Å²) < 4.78 is 68.5. The van der Waals surface area contributed by atoms with E-state index in [-0.39, 0.29) is 25.7 Å². The lowest BCUT2D eigenvalue weighted by molar-refractivity contribution is -0.161. The molecule has 0 saturated carbocycles. The molecule has 0 aromatic carbocycles. The Kier molecular flexibility index (Phi) is 73.5. The minimum atomic E-state index is -5.01. The number of phosphoric ester groups is 2. The van der Waals surface area contributed by atoms with E-state index in [2.05, 4.69) is 167 Å². The molecule has 0 aliphatic heterocycles. The molecule has 0 spiro atoms. The number of phosphoric acid groups is 2. The molecule has 0 aromatic rings. The van der Waals surface area contributed by atoms with Crippen molar-refractivity contribution in [3.05, 3.63) is 170 Å². The number of aliphatic hydroxyl groups excluding tert-OH is 1. The SMILES string of the molecule is CC/C=C\C/C=C\C/C=C\C/C=C\C/C=C\C/C=C\CCC(=O)O[C@H](COC(=O)CCCCCCC/C=C\C/C=C\CCCCC)COP(=O)(O)OC[C@H](O)COP(=O)(O)OC[C@@H](COC(=O)CCC/C=C\C/C=C\C/C=C\C/C=C\CCCCC)OC(=O)CCCCCCC/C=C\C/C=C\CCCCC. The minimum Gasteiger partial charge on any atom is -0.462 e. The molecule has 602 valence electrons. The van der Waals surface area contributed by atoms with Gasteiger partial charge >= 0.3 is 39.5 Å². The first-order chi connectivity index (χ1) is 51.7. The fraction of sp³-hybridized carbons (Fsp3) is 0.632. The van der Waals surface area contributed by atoms with Crippen LogP contribution in [-0.2, 0) is 65.4 Å². The summed E-state index contributed by atoms with van der Waals surface area (Å²) in [6, 6.07) is 0. The Bertz CT molecular complexity index is 2680. The first-order valence-electron chi connectivity index (χ1n) is 40.4. The third kappa shape index (κ3) is 76.6. The maximum Gasteiger partial charge on any atom is 0.472 e. The summed E-state index contributed by atoms with van der Waals surface area (Å²) in [6.07, 6.45) is 92.1. The van der Waals surface area contributed by atoms with Crippen LogP contribution in [0.5, 0.6) is 0 Å². The van der Waals surface area contributed by atoms with Crippen molar-refractivity contribution in [3.63, 3.8) is 0 Å². The molecule has 5 atom stereocenters. The highest BCUT2D eigenvalue weighted by Crippen LogP contribution is 2.45. The van der Waals surface area contributed by atoms with Crippen LogP contribution in [-0.4, -0.2) is 96.7 Å². The number of unbranched alkanes of at least 4 members (excludes halogenated alkanes) is 20. The van der Waals surface area contributed by atoms with Crippen molar-refractivity contribution >= 4 is 39.5 Å². The molecule has 0 bridgehead atoms. The van der Waals surface area contributed by atoms with E-state index in [0.717, 1.165) is 148 Å². The van der Waals surface area contributed by atoms with E-state index < -0.39 is 97.5 Å². The van der Waals surface area contributed by atoms with E-state index in [1.807, 2.05) is 30.4 Å². The third-order valence-corrected chi connectivity index (χ3v) is 18.0. The fourth-order valence-electron chi connectivity index (χ4n) is 10.0. The predicted molar refractivity (Wildman–Crippen MR) is 436 cm³/mol. The van der Waals surface area contributed by atoms with Crippen LogP contribution in [0, 0.1) is 0 Å². The number of esters is 4. The van der Waals surface area contributed by atoms with Crippen LogP contribution in [0.3, 0.4) is 0 Å². The van der Waals surface area contributed by atoms with E-state index in [1.54, 1.807) is 0 Å². The molecule has 3 N–H and O–H groups in total. The number of aliphatic hydroxyl groups is 1. The van der Waals surface area contributed by atoms with Crippen molar-refractivity contribution in [2.24, 2.45) is 0 Å². The van der Waals surface area contributed by atoms with Gasteiger partial charge in [0.25, 0.3) is 0 Å². The number of hydrogen-bond donors (Lipinski definition) is 3. The van der Waals surface area contributed by atoms with Crippen LogP contribution in [0.4, 0.5) is 0 Å². The van der Waals surface area contributed by atoms with Gasteiger partial charge < -0.3 is 33.8 Å². The Hall–Kier alpha value is -5.58. The zero-order valence-corrected chi connectivity index (χ0v) is 67.6. The van der Waals surface area contributed by atoms with E-state index >= 15 is 0 Å². The van der Waals surface area contributed by atoms with Crippen molar-refractivity contribution in [1.82, 2.24) is 0 Å². The fourth-order valence-corrected chi connectivity index (χ4v) is 11.6. The molecular weight excluding hydrogens is 1380 g/mol. The Morgan fingerprint density at radius 3 is 0.849 bits per heavy atom. The van der Waals surface area contributed by atoms with Crippen molar-refractivity contribution in [2.45, 2.75) is 316 Å². The minimum absolute atomic E-state index is 0.0407. The lowest BCUT2D eigenvalue weighted by atomic mass is 10.1. The summed E-state index contributed by atoms with van der Waals surface area (Å²) in [5, 5.41) is 10.6. The smallest absolute Gasteiger partial charge is 0.462 e. The number of carbonyl (C=O) groups excluding carboxylic acids is 4. The molecular formula is C87H142O17P2. The first kappa shape index (κ1) is 100. The second-order valence-electron chi connectivity index (χ2n) is 26.3. The van der Waals surface area contributed by atoms with Crippen LogP contribution in [0.1, 0.15) is 297 Å². The van der Waals surface area contributed by atoms with Crippen LogP contribution < -0.4 is 0 Å². The van der Waals surface area contributed by atoms with Crippen molar-refractivity contribution < 1.29 is 80.2 Å². The van der Waals surface area contributed by atoms with E-state index in [0.29, 0.717) is 38.5 Å². The van der Waals surface area contributed by atoms with Gasteiger partial charge in [-0.2, -0.15) is 0 Å². The van der Waals surface area contributed by atoms with E-state index in [4.69, 9.17) is 37.0 Å². The van der Waals surface area contributed by atoms with Gasteiger partial charge in [0.15, 0.2) is 12.2 Å². The average molecular weight is 1520 g/mol. The van der Waals surface area contributed by atoms with Gasteiger partial charge in [-0.3, -0.25) is 37.3 Å². The summed E-state index contributed by atoms with van der Waals surface area (Å²) in [6.45, 7) is 4.49. The topological polar surface area (TPSA) is 237 Å². The molecule has 0 aliphatic rings. The van der Waals surface area contributed by atoms with Crippen molar-refractivity contribution in [1.29, 1.82) is 0 Å².